The predicted molar refractivity (Wildman–Crippen MR) is 147 cm³/mol. The lowest BCUT2D eigenvalue weighted by Crippen LogP contribution is -2.39. The Hall–Kier alpha value is -5.19. The number of alkyl carbamates (subject to hydrolysis) is 1. The molecule has 0 fully saturated rings. The van der Waals surface area contributed by atoms with Crippen LogP contribution < -0.4 is 16.0 Å². The number of hydrogen-bond acceptors (Lipinski definition) is 7. The van der Waals surface area contributed by atoms with Gasteiger partial charge in [0, 0.05) is 37.0 Å². The molecule has 11 heteroatoms. The van der Waals surface area contributed by atoms with Crippen molar-refractivity contribution in [3.8, 4) is 0 Å². The molecule has 1 heterocycles. The summed E-state index contributed by atoms with van der Waals surface area (Å²) < 4.78 is 5.14. The average Bonchev–Trinajstić information content (AvgIpc) is 3.06. The minimum Gasteiger partial charge on any atom is -0.481 e. The number of fused-ring (bicyclic) bond motifs is 1. The highest BCUT2D eigenvalue weighted by atomic mass is 16.5. The molecule has 0 spiro atoms. The molecule has 3 aromatic carbocycles. The molecule has 1 atom stereocenters. The van der Waals surface area contributed by atoms with Crippen LogP contribution in [0.4, 0.5) is 10.5 Å². The first kappa shape index (κ1) is 27.8. The molecule has 0 unspecified atom stereocenters. The van der Waals surface area contributed by atoms with Crippen LogP contribution >= 0.6 is 0 Å². The number of carbonyl (C=O) groups excluding carboxylic acids is 3. The fourth-order valence-electron chi connectivity index (χ4n) is 4.16. The number of nitrogens with one attached hydrogen (secondary N) is 4. The largest absolute Gasteiger partial charge is 0.481 e. The van der Waals surface area contributed by atoms with E-state index in [0.29, 0.717) is 23.4 Å². The van der Waals surface area contributed by atoms with Gasteiger partial charge in [0.2, 0.25) is 5.91 Å². The molecule has 206 valence electrons. The number of rotatable bonds is 8. The van der Waals surface area contributed by atoms with Crippen molar-refractivity contribution in [3.05, 3.63) is 101 Å². The summed E-state index contributed by atoms with van der Waals surface area (Å²) in [5.74, 6) is -1.89. The number of nitrogens with zero attached hydrogens (tertiary/aromatic N) is 1. The monoisotopic (exact) mass is 543 g/mol. The number of carboxylic acid groups (broad SMARTS) is 1. The van der Waals surface area contributed by atoms with E-state index in [4.69, 9.17) is 15.3 Å². The van der Waals surface area contributed by atoms with E-state index >= 15 is 0 Å². The fourth-order valence-corrected chi connectivity index (χ4v) is 4.16. The van der Waals surface area contributed by atoms with Crippen LogP contribution in [0.3, 0.4) is 0 Å². The molecule has 0 saturated heterocycles. The van der Waals surface area contributed by atoms with Gasteiger partial charge in [-0.25, -0.2) is 4.79 Å². The number of amides is 3. The van der Waals surface area contributed by atoms with Gasteiger partial charge < -0.3 is 25.4 Å². The van der Waals surface area contributed by atoms with E-state index in [0.717, 1.165) is 16.7 Å². The second-order valence-electron chi connectivity index (χ2n) is 9.30. The topological polar surface area (TPSA) is 161 Å². The van der Waals surface area contributed by atoms with Crippen molar-refractivity contribution in [2.45, 2.75) is 32.2 Å². The fraction of sp³-hybridized carbons (Fsp3) is 0.207. The van der Waals surface area contributed by atoms with Crippen molar-refractivity contribution in [1.29, 1.82) is 5.41 Å². The summed E-state index contributed by atoms with van der Waals surface area (Å²) in [6, 6.07) is 20.1. The number of benzene rings is 3. The summed E-state index contributed by atoms with van der Waals surface area (Å²) in [5, 5.41) is 25.5. The van der Waals surface area contributed by atoms with Gasteiger partial charge in [-0.3, -0.25) is 25.1 Å². The third-order valence-electron chi connectivity index (χ3n) is 6.30. The zero-order chi connectivity index (χ0) is 28.6. The van der Waals surface area contributed by atoms with Crippen molar-refractivity contribution in [3.63, 3.8) is 0 Å². The molecule has 0 aliphatic carbocycles. The molecule has 0 aromatic heterocycles. The van der Waals surface area contributed by atoms with Gasteiger partial charge >= 0.3 is 12.1 Å². The number of aliphatic carboxylic acids is 1. The van der Waals surface area contributed by atoms with Gasteiger partial charge in [0.15, 0.2) is 0 Å². The minimum atomic E-state index is -1.10. The highest BCUT2D eigenvalue weighted by Crippen LogP contribution is 2.25. The number of hydrogen-bond donors (Lipinski definition) is 5. The van der Waals surface area contributed by atoms with E-state index in [9.17, 15) is 19.2 Å². The standard InChI is InChI=1S/C29H29N5O6/c1-34-16-22-12-11-21(13-23(22)32-24(28(34)38)14-25(35)36)27(37)31-15-18-7-9-20(10-8-18)26(30)33-29(39)40-17-19-5-3-2-4-6-19/h2-13,24,32H,14-17H2,1H3,(H,31,37)(H,35,36)(H2,30,33,39)/t24-/m1/s1. The molecular weight excluding hydrogens is 514 g/mol. The molecule has 4 rings (SSSR count). The van der Waals surface area contributed by atoms with Gasteiger partial charge in [-0.2, -0.15) is 0 Å². The predicted octanol–water partition coefficient (Wildman–Crippen LogP) is 3.10. The van der Waals surface area contributed by atoms with Crippen molar-refractivity contribution in [1.82, 2.24) is 15.5 Å². The molecule has 11 nitrogen and oxygen atoms in total. The zero-order valence-electron chi connectivity index (χ0n) is 21.8. The van der Waals surface area contributed by atoms with Crippen molar-refractivity contribution < 1.29 is 29.0 Å². The number of carbonyl (C=O) groups is 4. The van der Waals surface area contributed by atoms with E-state index in [1.807, 2.05) is 30.3 Å². The Kier molecular flexibility index (Phi) is 8.75. The molecule has 3 aromatic rings. The van der Waals surface area contributed by atoms with Gasteiger partial charge in [0.1, 0.15) is 18.5 Å². The minimum absolute atomic E-state index is 0.0942. The van der Waals surface area contributed by atoms with Crippen molar-refractivity contribution >= 4 is 35.4 Å². The Bertz CT molecular complexity index is 1420. The maximum atomic E-state index is 12.8. The second kappa shape index (κ2) is 12.6. The van der Waals surface area contributed by atoms with Crippen LogP contribution in [-0.4, -0.2) is 52.8 Å². The van der Waals surface area contributed by atoms with E-state index in [-0.39, 0.29) is 37.2 Å². The number of carboxylic acids is 1. The highest BCUT2D eigenvalue weighted by molar-refractivity contribution is 6.04. The van der Waals surface area contributed by atoms with Crippen molar-refractivity contribution in [2.24, 2.45) is 0 Å². The first-order valence-corrected chi connectivity index (χ1v) is 12.5. The number of anilines is 1. The zero-order valence-corrected chi connectivity index (χ0v) is 21.8. The maximum Gasteiger partial charge on any atom is 0.413 e. The Morgan fingerprint density at radius 2 is 1.73 bits per heavy atom. The van der Waals surface area contributed by atoms with Crippen LogP contribution in [0.15, 0.2) is 72.8 Å². The summed E-state index contributed by atoms with van der Waals surface area (Å²) in [4.78, 5) is 50.0. The molecular formula is C29H29N5O6. The summed E-state index contributed by atoms with van der Waals surface area (Å²) in [6.07, 6.45) is -1.11. The summed E-state index contributed by atoms with van der Waals surface area (Å²) >= 11 is 0. The molecule has 1 aliphatic heterocycles. The van der Waals surface area contributed by atoms with Gasteiger partial charge in [0.25, 0.3) is 5.91 Å². The van der Waals surface area contributed by atoms with Crippen LogP contribution in [-0.2, 0) is 34.0 Å². The van der Waals surface area contributed by atoms with Crippen LogP contribution in [0.25, 0.3) is 0 Å². The Balaban J connectivity index is 1.31. The number of likely N-dealkylation sites (N-methyl/N-ethyl adjacent to an activating group) is 1. The Morgan fingerprint density at radius 3 is 2.42 bits per heavy atom. The molecule has 0 bridgehead atoms. The SMILES string of the molecule is CN1Cc2ccc(C(=O)NCc3ccc(C(=N)NC(=O)OCc4ccccc4)cc3)cc2N[C@H](CC(=O)O)C1=O. The van der Waals surface area contributed by atoms with Gasteiger partial charge in [-0.1, -0.05) is 60.7 Å². The van der Waals surface area contributed by atoms with E-state index in [1.165, 1.54) is 4.90 Å². The Morgan fingerprint density at radius 1 is 1.02 bits per heavy atom. The van der Waals surface area contributed by atoms with Crippen molar-refractivity contribution in [2.75, 3.05) is 12.4 Å². The molecule has 5 N–H and O–H groups in total. The smallest absolute Gasteiger partial charge is 0.413 e. The Labute approximate surface area is 230 Å². The summed E-state index contributed by atoms with van der Waals surface area (Å²) in [5.41, 5.74) is 3.75. The molecule has 0 radical (unpaired) electrons. The van der Waals surface area contributed by atoms with Gasteiger partial charge in [-0.15, -0.1) is 0 Å². The lowest BCUT2D eigenvalue weighted by Gasteiger charge is -2.19. The second-order valence-corrected chi connectivity index (χ2v) is 9.30. The van der Waals surface area contributed by atoms with Gasteiger partial charge in [-0.05, 0) is 28.8 Å². The molecule has 3 amide bonds. The van der Waals surface area contributed by atoms with Crippen LogP contribution in [0, 0.1) is 5.41 Å². The third kappa shape index (κ3) is 7.22. The van der Waals surface area contributed by atoms with Crippen LogP contribution in [0.5, 0.6) is 0 Å². The van der Waals surface area contributed by atoms with Gasteiger partial charge in [0.05, 0.1) is 6.42 Å². The number of ether oxygens (including phenoxy) is 1. The summed E-state index contributed by atoms with van der Waals surface area (Å²) in [6.45, 7) is 0.601. The maximum absolute atomic E-state index is 12.8. The normalized spacial score (nSPS) is 14.3. The lowest BCUT2D eigenvalue weighted by atomic mass is 10.1. The quantitative estimate of drug-likeness (QED) is 0.215. The molecule has 0 saturated carbocycles. The first-order chi connectivity index (χ1) is 19.2. The molecule has 1 aliphatic rings. The van der Waals surface area contributed by atoms with E-state index in [1.54, 1.807) is 49.5 Å². The average molecular weight is 544 g/mol. The highest BCUT2D eigenvalue weighted by Gasteiger charge is 2.29. The molecule has 40 heavy (non-hydrogen) atoms. The van der Waals surface area contributed by atoms with Crippen LogP contribution in [0.1, 0.15) is 39.0 Å². The summed E-state index contributed by atoms with van der Waals surface area (Å²) in [7, 11) is 1.61. The third-order valence-corrected chi connectivity index (χ3v) is 6.30. The first-order valence-electron chi connectivity index (χ1n) is 12.5. The van der Waals surface area contributed by atoms with Crippen LogP contribution in [0.2, 0.25) is 0 Å². The van der Waals surface area contributed by atoms with E-state index < -0.39 is 18.1 Å². The lowest BCUT2D eigenvalue weighted by molar-refractivity contribution is -0.141. The number of amidine groups is 1. The van der Waals surface area contributed by atoms with E-state index in [2.05, 4.69) is 16.0 Å².